The third-order valence-corrected chi connectivity index (χ3v) is 4.70. The normalized spacial score (nSPS) is 14.8. The van der Waals surface area contributed by atoms with Crippen molar-refractivity contribution in [1.82, 2.24) is 0 Å². The Kier molecular flexibility index (Phi) is 7.92. The Morgan fingerprint density at radius 2 is 2.09 bits per heavy atom. The molecule has 0 bridgehead atoms. The fourth-order valence-electron chi connectivity index (χ4n) is 2.72. The maximum Gasteiger partial charge on any atom is 0.302 e. The number of halogens is 1. The number of ketones is 1. The second-order valence-electron chi connectivity index (χ2n) is 6.12. The van der Waals surface area contributed by atoms with Gasteiger partial charge in [-0.25, -0.2) is 0 Å². The number of carbonyl (C=O) groups excluding carboxylic acids is 2. The van der Waals surface area contributed by atoms with Crippen LogP contribution in [0.5, 0.6) is 0 Å². The van der Waals surface area contributed by atoms with Crippen molar-refractivity contribution in [1.29, 1.82) is 0 Å². The number of hydrogen-bond donors (Lipinski definition) is 1. The molecule has 5 heteroatoms. The van der Waals surface area contributed by atoms with Gasteiger partial charge in [0.1, 0.15) is 6.10 Å². The molecule has 128 valence electrons. The molecular weight excluding hydrogens is 358 g/mol. The second-order valence-corrected chi connectivity index (χ2v) is 6.68. The Balaban J connectivity index is 2.83. The van der Waals surface area contributed by atoms with Crippen molar-refractivity contribution in [2.75, 3.05) is 11.9 Å². The molecule has 0 saturated carbocycles. The lowest BCUT2D eigenvalue weighted by Crippen LogP contribution is -2.34. The summed E-state index contributed by atoms with van der Waals surface area (Å²) in [6.07, 6.45) is 1.83. The summed E-state index contributed by atoms with van der Waals surface area (Å²) < 4.78 is 5.17. The van der Waals surface area contributed by atoms with Gasteiger partial charge >= 0.3 is 5.97 Å². The fourth-order valence-corrected chi connectivity index (χ4v) is 3.34. The summed E-state index contributed by atoms with van der Waals surface area (Å²) in [7, 11) is 0. The van der Waals surface area contributed by atoms with Crippen LogP contribution in [0.1, 0.15) is 44.2 Å². The number of carbonyl (C=O) groups is 2. The van der Waals surface area contributed by atoms with Crippen LogP contribution in [0.4, 0.5) is 0 Å². The van der Waals surface area contributed by atoms with E-state index >= 15 is 0 Å². The summed E-state index contributed by atoms with van der Waals surface area (Å²) in [5.41, 5.74) is 7.25. The molecule has 1 aromatic carbocycles. The molecule has 2 atom stereocenters. The van der Waals surface area contributed by atoms with Crippen LogP contribution >= 0.6 is 15.9 Å². The largest absolute Gasteiger partial charge is 0.461 e. The number of ether oxygens (including phenoxy) is 1. The maximum absolute atomic E-state index is 12.5. The summed E-state index contributed by atoms with van der Waals surface area (Å²) in [5.74, 6) is -0.168. The summed E-state index contributed by atoms with van der Waals surface area (Å²) in [5, 5.41) is 0.321. The second kappa shape index (κ2) is 9.18. The first kappa shape index (κ1) is 19.8. The van der Waals surface area contributed by atoms with Crippen LogP contribution in [0, 0.1) is 6.92 Å². The lowest BCUT2D eigenvalue weighted by atomic mass is 9.74. The van der Waals surface area contributed by atoms with Gasteiger partial charge in [-0.15, -0.1) is 0 Å². The van der Waals surface area contributed by atoms with Crippen LogP contribution in [-0.4, -0.2) is 29.7 Å². The molecule has 2 N–H and O–H groups in total. The monoisotopic (exact) mass is 383 g/mol. The SMILES string of the molecule is CC(=O)OC(CN)CCCC(C)(C(=O)CBr)c1cccc(C)c1. The zero-order chi connectivity index (χ0) is 17.5. The molecular formula is C18H26BrNO3. The highest BCUT2D eigenvalue weighted by Gasteiger charge is 2.33. The average Bonchev–Trinajstić information content (AvgIpc) is 2.52. The van der Waals surface area contributed by atoms with Crippen LogP contribution in [0.15, 0.2) is 24.3 Å². The molecule has 1 rings (SSSR count). The number of nitrogens with two attached hydrogens (primary N) is 1. The van der Waals surface area contributed by atoms with Crippen molar-refractivity contribution in [3.05, 3.63) is 35.4 Å². The maximum atomic E-state index is 12.5. The minimum atomic E-state index is -0.551. The van der Waals surface area contributed by atoms with Gasteiger partial charge in [-0.2, -0.15) is 0 Å². The van der Waals surface area contributed by atoms with Crippen LogP contribution in [0.2, 0.25) is 0 Å². The van der Waals surface area contributed by atoms with Crippen LogP contribution in [0.3, 0.4) is 0 Å². The van der Waals surface area contributed by atoms with E-state index in [2.05, 4.69) is 22.0 Å². The Labute approximate surface area is 146 Å². The first-order chi connectivity index (χ1) is 10.8. The van der Waals surface area contributed by atoms with Gasteiger partial charge in [-0.3, -0.25) is 9.59 Å². The van der Waals surface area contributed by atoms with Gasteiger partial charge in [-0.1, -0.05) is 45.8 Å². The summed E-state index contributed by atoms with van der Waals surface area (Å²) >= 11 is 3.29. The van der Waals surface area contributed by atoms with Crippen molar-refractivity contribution >= 4 is 27.7 Å². The number of Topliss-reactive ketones (excluding diaryl/α,β-unsaturated/α-hetero) is 1. The smallest absolute Gasteiger partial charge is 0.302 e. The first-order valence-electron chi connectivity index (χ1n) is 7.87. The van der Waals surface area contributed by atoms with E-state index in [0.717, 1.165) is 17.5 Å². The minimum absolute atomic E-state index is 0.153. The molecule has 0 amide bonds. The van der Waals surface area contributed by atoms with E-state index in [1.807, 2.05) is 32.0 Å². The molecule has 0 saturated heterocycles. The number of hydrogen-bond acceptors (Lipinski definition) is 4. The standard InChI is InChI=1S/C18H26BrNO3/c1-13-6-4-7-15(10-13)18(3,17(22)11-19)9-5-8-16(12-20)23-14(2)21/h4,6-7,10,16H,5,8-9,11-12,20H2,1-3H3. The molecule has 0 aromatic heterocycles. The molecule has 0 radical (unpaired) electrons. The molecule has 1 aromatic rings. The van der Waals surface area contributed by atoms with Gasteiger partial charge in [0.2, 0.25) is 0 Å². The number of aryl methyl sites for hydroxylation is 1. The quantitative estimate of drug-likeness (QED) is 0.524. The third-order valence-electron chi connectivity index (χ3n) is 4.19. The van der Waals surface area contributed by atoms with Gasteiger partial charge in [0, 0.05) is 13.5 Å². The fraction of sp³-hybridized carbons (Fsp3) is 0.556. The molecule has 0 aliphatic carbocycles. The molecule has 2 unspecified atom stereocenters. The molecule has 0 spiro atoms. The number of rotatable bonds is 9. The van der Waals surface area contributed by atoms with Crippen molar-refractivity contribution in [3.63, 3.8) is 0 Å². The first-order valence-corrected chi connectivity index (χ1v) is 8.99. The molecule has 0 aliphatic rings. The van der Waals surface area contributed by atoms with Gasteiger partial charge in [0.05, 0.1) is 10.7 Å². The Bertz CT molecular complexity index is 547. The van der Waals surface area contributed by atoms with Gasteiger partial charge < -0.3 is 10.5 Å². The summed E-state index contributed by atoms with van der Waals surface area (Å²) in [6.45, 7) is 5.68. The van der Waals surface area contributed by atoms with E-state index in [1.54, 1.807) is 0 Å². The van der Waals surface area contributed by atoms with E-state index in [-0.39, 0.29) is 17.9 Å². The highest BCUT2D eigenvalue weighted by Crippen LogP contribution is 2.32. The van der Waals surface area contributed by atoms with E-state index in [9.17, 15) is 9.59 Å². The highest BCUT2D eigenvalue weighted by molar-refractivity contribution is 9.09. The zero-order valence-corrected chi connectivity index (χ0v) is 15.7. The number of benzene rings is 1. The van der Waals surface area contributed by atoms with E-state index < -0.39 is 5.41 Å². The molecule has 4 nitrogen and oxygen atoms in total. The number of esters is 1. The summed E-state index contributed by atoms with van der Waals surface area (Å²) in [6, 6.07) is 8.06. The van der Waals surface area contributed by atoms with E-state index in [1.165, 1.54) is 6.92 Å². The average molecular weight is 384 g/mol. The topological polar surface area (TPSA) is 69.4 Å². The van der Waals surface area contributed by atoms with Crippen LogP contribution in [-0.2, 0) is 19.7 Å². The lowest BCUT2D eigenvalue weighted by Gasteiger charge is -2.29. The predicted octanol–water partition coefficient (Wildman–Crippen LogP) is 3.28. The Morgan fingerprint density at radius 3 is 2.61 bits per heavy atom. The van der Waals surface area contributed by atoms with Gasteiger partial charge in [0.15, 0.2) is 5.78 Å². The van der Waals surface area contributed by atoms with E-state index in [4.69, 9.17) is 10.5 Å². The van der Waals surface area contributed by atoms with E-state index in [0.29, 0.717) is 24.7 Å². The Hall–Kier alpha value is -1.20. The van der Waals surface area contributed by atoms with Crippen molar-refractivity contribution in [2.24, 2.45) is 5.73 Å². The summed E-state index contributed by atoms with van der Waals surface area (Å²) in [4.78, 5) is 23.6. The lowest BCUT2D eigenvalue weighted by molar-refractivity contribution is -0.146. The molecule has 0 aliphatic heterocycles. The number of alkyl halides is 1. The zero-order valence-electron chi connectivity index (χ0n) is 14.1. The Morgan fingerprint density at radius 1 is 1.39 bits per heavy atom. The van der Waals surface area contributed by atoms with Crippen molar-refractivity contribution < 1.29 is 14.3 Å². The minimum Gasteiger partial charge on any atom is -0.461 e. The third kappa shape index (κ3) is 5.74. The van der Waals surface area contributed by atoms with Crippen molar-refractivity contribution in [3.8, 4) is 0 Å². The predicted molar refractivity (Wildman–Crippen MR) is 95.8 cm³/mol. The molecule has 23 heavy (non-hydrogen) atoms. The van der Waals surface area contributed by atoms with Gasteiger partial charge in [-0.05, 0) is 38.7 Å². The van der Waals surface area contributed by atoms with Crippen LogP contribution < -0.4 is 5.73 Å². The molecule has 0 fully saturated rings. The molecule has 0 heterocycles. The van der Waals surface area contributed by atoms with Crippen LogP contribution in [0.25, 0.3) is 0 Å². The van der Waals surface area contributed by atoms with Gasteiger partial charge in [0.25, 0.3) is 0 Å². The highest BCUT2D eigenvalue weighted by atomic mass is 79.9. The van der Waals surface area contributed by atoms with Crippen molar-refractivity contribution in [2.45, 2.75) is 51.6 Å².